The van der Waals surface area contributed by atoms with Gasteiger partial charge in [0.15, 0.2) is 0 Å². The lowest BCUT2D eigenvalue weighted by molar-refractivity contribution is -0.121. The second-order valence-electron chi connectivity index (χ2n) is 6.22. The third-order valence-electron chi connectivity index (χ3n) is 3.67. The molecule has 2 atom stereocenters. The van der Waals surface area contributed by atoms with Crippen LogP contribution in [0.25, 0.3) is 0 Å². The monoisotopic (exact) mass is 381 g/mol. The van der Waals surface area contributed by atoms with Crippen LogP contribution < -0.4 is 0 Å². The molecule has 0 spiro atoms. The van der Waals surface area contributed by atoms with Crippen LogP contribution in [0.3, 0.4) is 0 Å². The van der Waals surface area contributed by atoms with E-state index in [2.05, 4.69) is 52.2 Å². The van der Waals surface area contributed by atoms with E-state index in [1.54, 1.807) is 13.0 Å². The fourth-order valence-corrected chi connectivity index (χ4v) is 2.12. The van der Waals surface area contributed by atoms with Crippen molar-refractivity contribution < 1.29 is 4.79 Å². The molecule has 0 N–H and O–H groups in total. The summed E-state index contributed by atoms with van der Waals surface area (Å²) in [5, 5.41) is 0. The van der Waals surface area contributed by atoms with Crippen LogP contribution in [0.4, 0.5) is 0 Å². The first-order chi connectivity index (χ1) is 13.2. The number of rotatable bonds is 11. The van der Waals surface area contributed by atoms with E-state index in [1.165, 1.54) is 0 Å². The second-order valence-corrected chi connectivity index (χ2v) is 6.22. The van der Waals surface area contributed by atoms with Gasteiger partial charge >= 0.3 is 0 Å². The molecular formula is C26H39NO. The fraction of sp³-hybridized carbons (Fsp3) is 0.346. The van der Waals surface area contributed by atoms with Crippen LogP contribution in [0.5, 0.6) is 0 Å². The normalized spacial score (nSPS) is 12.6. The highest BCUT2D eigenvalue weighted by molar-refractivity contribution is 5.81. The van der Waals surface area contributed by atoms with Crippen molar-refractivity contribution in [2.45, 2.75) is 40.2 Å². The van der Waals surface area contributed by atoms with Crippen LogP contribution in [-0.2, 0) is 4.79 Å². The second kappa shape index (κ2) is 19.1. The lowest BCUT2D eigenvalue weighted by Gasteiger charge is -2.23. The van der Waals surface area contributed by atoms with Crippen LogP contribution in [0, 0.1) is 18.8 Å². The molecular weight excluding hydrogens is 342 g/mol. The third kappa shape index (κ3) is 15.6. The predicted octanol–water partition coefficient (Wildman–Crippen LogP) is 6.33. The quantitative estimate of drug-likeness (QED) is 0.308. The number of hydrogen-bond donors (Lipinski definition) is 0. The average molecular weight is 382 g/mol. The summed E-state index contributed by atoms with van der Waals surface area (Å²) in [6, 6.07) is -0.0480. The fourth-order valence-electron chi connectivity index (χ4n) is 2.12. The van der Waals surface area contributed by atoms with Crippen LogP contribution in [-0.4, -0.2) is 30.8 Å². The number of nitrogens with zero attached hydrogens (tertiary/aromatic N) is 1. The molecule has 0 aliphatic rings. The molecule has 28 heavy (non-hydrogen) atoms. The highest BCUT2D eigenvalue weighted by Crippen LogP contribution is 2.14. The van der Waals surface area contributed by atoms with Gasteiger partial charge in [0.25, 0.3) is 0 Å². The van der Waals surface area contributed by atoms with Gasteiger partial charge in [0.2, 0.25) is 0 Å². The molecule has 0 aromatic carbocycles. The van der Waals surface area contributed by atoms with Gasteiger partial charge in [-0.1, -0.05) is 89.6 Å². The molecule has 0 fully saturated rings. The smallest absolute Gasteiger partial charge is 0.146 e. The highest BCUT2D eigenvalue weighted by atomic mass is 16.1. The number of ketones is 1. The standard InChI is InChI=1S/C22H31NO.C2H6.C2H2/c1-9-10-11-19(4)20(5)15-14-17(2)12-13-18(3)16-22(21(6)24)23(7)8;2*1-2/h9-15,18,22H,1-2,4-5,16H2,3,6-8H3;1-2H3;1-2H/b11-10-,13-12+,15-14-;;/t18-,22+;;/m1../s1. The summed E-state index contributed by atoms with van der Waals surface area (Å²) in [5.74, 6) is 0.488. The topological polar surface area (TPSA) is 20.3 Å². The molecule has 2 heteroatoms. The number of likely N-dealkylation sites (N-methyl/N-ethyl adjacent to an activating group) is 1. The maximum absolute atomic E-state index is 11.7. The van der Waals surface area contributed by atoms with E-state index in [4.69, 9.17) is 0 Å². The highest BCUT2D eigenvalue weighted by Gasteiger charge is 2.18. The van der Waals surface area contributed by atoms with Crippen LogP contribution in [0.1, 0.15) is 34.1 Å². The number of Topliss-reactive ketones (excluding diaryl/α,β-unsaturated/α-hetero) is 1. The van der Waals surface area contributed by atoms with E-state index in [-0.39, 0.29) is 11.8 Å². The van der Waals surface area contributed by atoms with E-state index in [0.717, 1.165) is 23.1 Å². The van der Waals surface area contributed by atoms with Crippen LogP contribution in [0.15, 0.2) is 85.6 Å². The van der Waals surface area contributed by atoms with Gasteiger partial charge in [0.1, 0.15) is 5.78 Å². The molecule has 0 heterocycles. The SMILES string of the molecule is C#C.C=C/C=C\C(=C)C(=C)/C=C\C(=C)/C=C/[C@@H](C)C[C@@H](C(C)=O)N(C)C.CC. The zero-order valence-corrected chi connectivity index (χ0v) is 18.7. The van der Waals surface area contributed by atoms with Crippen molar-refractivity contribution in [2.24, 2.45) is 5.92 Å². The molecule has 0 aromatic heterocycles. The van der Waals surface area contributed by atoms with Crippen molar-refractivity contribution in [3.63, 3.8) is 0 Å². The molecule has 154 valence electrons. The summed E-state index contributed by atoms with van der Waals surface area (Å²) in [6.07, 6.45) is 22.1. The third-order valence-corrected chi connectivity index (χ3v) is 3.67. The van der Waals surface area contributed by atoms with Gasteiger partial charge < -0.3 is 0 Å². The molecule has 0 rings (SSSR count). The summed E-state index contributed by atoms with van der Waals surface area (Å²) in [7, 11) is 3.87. The Morgan fingerprint density at radius 3 is 1.93 bits per heavy atom. The van der Waals surface area contributed by atoms with Crippen molar-refractivity contribution in [3.05, 3.63) is 85.6 Å². The van der Waals surface area contributed by atoms with Crippen molar-refractivity contribution in [3.8, 4) is 12.8 Å². The maximum atomic E-state index is 11.7. The summed E-state index contributed by atoms with van der Waals surface area (Å²) in [4.78, 5) is 13.6. The largest absolute Gasteiger partial charge is 0.300 e. The minimum absolute atomic E-state index is 0.0480. The molecule has 0 saturated heterocycles. The Bertz CT molecular complexity index is 612. The van der Waals surface area contributed by atoms with E-state index >= 15 is 0 Å². The van der Waals surface area contributed by atoms with Crippen LogP contribution in [0.2, 0.25) is 0 Å². The van der Waals surface area contributed by atoms with Gasteiger partial charge in [-0.3, -0.25) is 9.69 Å². The Morgan fingerprint density at radius 2 is 1.50 bits per heavy atom. The molecule has 0 radical (unpaired) electrons. The van der Waals surface area contributed by atoms with E-state index < -0.39 is 0 Å². The molecule has 0 aliphatic carbocycles. The summed E-state index contributed by atoms with van der Waals surface area (Å²) in [5.41, 5.74) is 2.55. The van der Waals surface area contributed by atoms with Gasteiger partial charge in [-0.05, 0) is 50.1 Å². The first-order valence-corrected chi connectivity index (χ1v) is 9.41. The Labute approximate surface area is 174 Å². The zero-order chi connectivity index (χ0) is 22.7. The Morgan fingerprint density at radius 1 is 1.00 bits per heavy atom. The number of terminal acetylenes is 1. The molecule has 0 saturated carbocycles. The van der Waals surface area contributed by atoms with Gasteiger partial charge in [-0.2, -0.15) is 0 Å². The summed E-state index contributed by atoms with van der Waals surface area (Å²) < 4.78 is 0. The van der Waals surface area contributed by atoms with Gasteiger partial charge in [0, 0.05) is 0 Å². The Balaban J connectivity index is -0.00000146. The summed E-state index contributed by atoms with van der Waals surface area (Å²) >= 11 is 0. The molecule has 2 nitrogen and oxygen atoms in total. The van der Waals surface area contributed by atoms with Crippen molar-refractivity contribution in [1.29, 1.82) is 0 Å². The molecule has 0 aliphatic heterocycles. The molecule has 0 amide bonds. The summed E-state index contributed by atoms with van der Waals surface area (Å²) in [6.45, 7) is 23.3. The van der Waals surface area contributed by atoms with Crippen molar-refractivity contribution in [1.82, 2.24) is 4.90 Å². The lowest BCUT2D eigenvalue weighted by atomic mass is 9.97. The Hall–Kier alpha value is -2.63. The van der Waals surface area contributed by atoms with Crippen molar-refractivity contribution in [2.75, 3.05) is 14.1 Å². The first kappa shape index (κ1) is 30.1. The maximum Gasteiger partial charge on any atom is 0.146 e. The van der Waals surface area contributed by atoms with E-state index in [0.29, 0.717) is 5.92 Å². The number of hydrogen-bond acceptors (Lipinski definition) is 2. The molecule has 0 unspecified atom stereocenters. The number of carbonyl (C=O) groups is 1. The van der Waals surface area contributed by atoms with E-state index in [1.807, 2.05) is 63.2 Å². The van der Waals surface area contributed by atoms with Crippen LogP contribution >= 0.6 is 0 Å². The van der Waals surface area contributed by atoms with Crippen molar-refractivity contribution >= 4 is 5.78 Å². The zero-order valence-electron chi connectivity index (χ0n) is 18.7. The lowest BCUT2D eigenvalue weighted by Crippen LogP contribution is -2.35. The van der Waals surface area contributed by atoms with E-state index in [9.17, 15) is 4.79 Å². The number of carbonyl (C=O) groups excluding carboxylic acids is 1. The molecule has 0 bridgehead atoms. The van der Waals surface area contributed by atoms with Gasteiger partial charge in [-0.25, -0.2) is 0 Å². The predicted molar refractivity (Wildman–Crippen MR) is 128 cm³/mol. The van der Waals surface area contributed by atoms with Gasteiger partial charge in [-0.15, -0.1) is 12.8 Å². The molecule has 0 aromatic rings. The van der Waals surface area contributed by atoms with Gasteiger partial charge in [0.05, 0.1) is 6.04 Å². The average Bonchev–Trinajstić information content (AvgIpc) is 2.69. The minimum Gasteiger partial charge on any atom is -0.300 e. The Kier molecular flexibility index (Phi) is 20.6. The first-order valence-electron chi connectivity index (χ1n) is 9.41. The number of allylic oxidation sites excluding steroid dienone is 10. The minimum atomic E-state index is -0.0480.